The lowest BCUT2D eigenvalue weighted by Crippen LogP contribution is -2.12. The molecule has 32 heavy (non-hydrogen) atoms. The monoisotopic (exact) mass is 426 g/mol. The molecular weight excluding hydrogens is 408 g/mol. The first-order valence-electron chi connectivity index (χ1n) is 9.72. The standard InChI is InChI=1S/C24H18N4O4/c1-15-11-12-18(28(31)32)14-21(15)26-27-22-19-10-6-5-7-16(19)13-20(23(22)29)24(30)25-17-8-3-2-4-9-17/h2-14,29H,1H3,(H,25,30)/b27-26+. The summed E-state index contributed by atoms with van der Waals surface area (Å²) in [6, 6.07) is 21.9. The van der Waals surface area contributed by atoms with Gasteiger partial charge in [0.25, 0.3) is 11.6 Å². The summed E-state index contributed by atoms with van der Waals surface area (Å²) in [5.41, 5.74) is 1.59. The number of hydrogen-bond acceptors (Lipinski definition) is 6. The van der Waals surface area contributed by atoms with Gasteiger partial charge in [0.05, 0.1) is 16.2 Å². The number of aryl methyl sites for hydroxylation is 1. The van der Waals surface area contributed by atoms with E-state index in [-0.39, 0.29) is 22.7 Å². The second-order valence-electron chi connectivity index (χ2n) is 7.09. The summed E-state index contributed by atoms with van der Waals surface area (Å²) in [4.78, 5) is 23.4. The van der Waals surface area contributed by atoms with Gasteiger partial charge in [-0.1, -0.05) is 48.5 Å². The molecule has 0 aromatic heterocycles. The number of non-ortho nitro benzene ring substituents is 1. The van der Waals surface area contributed by atoms with Crippen LogP contribution in [-0.4, -0.2) is 15.9 Å². The van der Waals surface area contributed by atoms with E-state index >= 15 is 0 Å². The smallest absolute Gasteiger partial charge is 0.271 e. The van der Waals surface area contributed by atoms with E-state index in [0.29, 0.717) is 27.7 Å². The molecule has 0 radical (unpaired) electrons. The summed E-state index contributed by atoms with van der Waals surface area (Å²) in [6.07, 6.45) is 0. The number of carbonyl (C=O) groups excluding carboxylic acids is 1. The number of carbonyl (C=O) groups is 1. The Hall–Kier alpha value is -4.59. The number of amides is 1. The van der Waals surface area contributed by atoms with E-state index in [4.69, 9.17) is 0 Å². The average molecular weight is 426 g/mol. The third-order valence-corrected chi connectivity index (χ3v) is 4.93. The van der Waals surface area contributed by atoms with E-state index in [1.165, 1.54) is 12.1 Å². The van der Waals surface area contributed by atoms with Crippen LogP contribution in [0.15, 0.2) is 89.1 Å². The van der Waals surface area contributed by atoms with Gasteiger partial charge < -0.3 is 10.4 Å². The lowest BCUT2D eigenvalue weighted by atomic mass is 10.0. The summed E-state index contributed by atoms with van der Waals surface area (Å²) in [5.74, 6) is -0.827. The molecule has 0 saturated heterocycles. The lowest BCUT2D eigenvalue weighted by Gasteiger charge is -2.11. The number of phenolic OH excluding ortho intramolecular Hbond substituents is 1. The maximum absolute atomic E-state index is 12.9. The van der Waals surface area contributed by atoms with Crippen LogP contribution < -0.4 is 5.32 Å². The van der Waals surface area contributed by atoms with Crippen LogP contribution >= 0.6 is 0 Å². The molecule has 1 amide bonds. The second-order valence-corrected chi connectivity index (χ2v) is 7.09. The van der Waals surface area contributed by atoms with Crippen molar-refractivity contribution in [3.63, 3.8) is 0 Å². The first-order chi connectivity index (χ1) is 15.4. The highest BCUT2D eigenvalue weighted by molar-refractivity contribution is 6.11. The van der Waals surface area contributed by atoms with Gasteiger partial charge in [0.1, 0.15) is 5.69 Å². The SMILES string of the molecule is Cc1ccc([N+](=O)[O-])cc1/N=N/c1c(O)c(C(=O)Nc2ccccc2)cc2ccccc12. The van der Waals surface area contributed by atoms with Crippen molar-refractivity contribution in [2.45, 2.75) is 6.92 Å². The van der Waals surface area contributed by atoms with Gasteiger partial charge in [0.2, 0.25) is 0 Å². The van der Waals surface area contributed by atoms with E-state index in [1.807, 2.05) is 12.1 Å². The number of benzene rings is 4. The Bertz CT molecular complexity index is 1370. The second kappa shape index (κ2) is 8.65. The van der Waals surface area contributed by atoms with E-state index < -0.39 is 10.8 Å². The molecule has 8 heteroatoms. The number of anilines is 1. The molecule has 0 bridgehead atoms. The first kappa shape index (κ1) is 20.7. The van der Waals surface area contributed by atoms with Gasteiger partial charge in [-0.3, -0.25) is 14.9 Å². The van der Waals surface area contributed by atoms with Crippen molar-refractivity contribution in [1.82, 2.24) is 0 Å². The Morgan fingerprint density at radius 3 is 2.44 bits per heavy atom. The van der Waals surface area contributed by atoms with Crippen molar-refractivity contribution in [2.75, 3.05) is 5.32 Å². The van der Waals surface area contributed by atoms with Gasteiger partial charge in [-0.25, -0.2) is 0 Å². The number of fused-ring (bicyclic) bond motifs is 1. The molecule has 0 spiro atoms. The summed E-state index contributed by atoms with van der Waals surface area (Å²) >= 11 is 0. The van der Waals surface area contributed by atoms with Crippen LogP contribution in [0.25, 0.3) is 10.8 Å². The molecule has 2 N–H and O–H groups in total. The Morgan fingerprint density at radius 1 is 0.969 bits per heavy atom. The minimum absolute atomic E-state index is 0.0391. The minimum atomic E-state index is -0.514. The maximum Gasteiger partial charge on any atom is 0.271 e. The largest absolute Gasteiger partial charge is 0.505 e. The topological polar surface area (TPSA) is 117 Å². The van der Waals surface area contributed by atoms with Crippen molar-refractivity contribution in [3.8, 4) is 5.75 Å². The van der Waals surface area contributed by atoms with Gasteiger partial charge >= 0.3 is 0 Å². The van der Waals surface area contributed by atoms with Crippen LogP contribution in [-0.2, 0) is 0 Å². The maximum atomic E-state index is 12.9. The molecule has 0 aliphatic carbocycles. The van der Waals surface area contributed by atoms with Crippen LogP contribution in [0.5, 0.6) is 5.75 Å². The fourth-order valence-electron chi connectivity index (χ4n) is 3.23. The highest BCUT2D eigenvalue weighted by Gasteiger charge is 2.19. The summed E-state index contributed by atoms with van der Waals surface area (Å²) in [7, 11) is 0. The molecule has 4 rings (SSSR count). The van der Waals surface area contributed by atoms with E-state index in [2.05, 4.69) is 15.5 Å². The number of nitrogens with zero attached hydrogens (tertiary/aromatic N) is 3. The molecule has 0 fully saturated rings. The predicted molar refractivity (Wildman–Crippen MR) is 122 cm³/mol. The first-order valence-corrected chi connectivity index (χ1v) is 9.72. The zero-order chi connectivity index (χ0) is 22.7. The third kappa shape index (κ3) is 4.15. The van der Waals surface area contributed by atoms with Crippen LogP contribution in [0.1, 0.15) is 15.9 Å². The summed E-state index contributed by atoms with van der Waals surface area (Å²) in [5, 5.41) is 34.3. The Kier molecular flexibility index (Phi) is 5.59. The molecule has 0 atom stereocenters. The zero-order valence-corrected chi connectivity index (χ0v) is 17.0. The van der Waals surface area contributed by atoms with Gasteiger partial charge in [-0.2, -0.15) is 0 Å². The molecule has 0 aliphatic rings. The van der Waals surface area contributed by atoms with Crippen molar-refractivity contribution < 1.29 is 14.8 Å². The number of azo groups is 1. The third-order valence-electron chi connectivity index (χ3n) is 4.93. The fourth-order valence-corrected chi connectivity index (χ4v) is 3.23. The highest BCUT2D eigenvalue weighted by Crippen LogP contribution is 2.40. The van der Waals surface area contributed by atoms with E-state index in [1.54, 1.807) is 61.5 Å². The number of nitro groups is 1. The molecule has 0 aliphatic heterocycles. The van der Waals surface area contributed by atoms with Crippen LogP contribution in [0.2, 0.25) is 0 Å². The molecule has 158 valence electrons. The van der Waals surface area contributed by atoms with E-state index in [9.17, 15) is 20.0 Å². The van der Waals surface area contributed by atoms with Crippen LogP contribution in [0, 0.1) is 17.0 Å². The van der Waals surface area contributed by atoms with Crippen molar-refractivity contribution in [1.29, 1.82) is 0 Å². The number of nitro benzene ring substituents is 1. The number of nitrogens with one attached hydrogen (secondary N) is 1. The van der Waals surface area contributed by atoms with Gasteiger partial charge in [-0.05, 0) is 36.1 Å². The fraction of sp³-hybridized carbons (Fsp3) is 0.0417. The van der Waals surface area contributed by atoms with Gasteiger partial charge in [0.15, 0.2) is 5.75 Å². The van der Waals surface area contributed by atoms with Crippen molar-refractivity contribution in [2.24, 2.45) is 10.2 Å². The zero-order valence-electron chi connectivity index (χ0n) is 17.0. The summed E-state index contributed by atoms with van der Waals surface area (Å²) < 4.78 is 0. The van der Waals surface area contributed by atoms with Crippen molar-refractivity contribution in [3.05, 3.63) is 100 Å². The molecule has 4 aromatic rings. The van der Waals surface area contributed by atoms with E-state index in [0.717, 1.165) is 0 Å². The number of rotatable bonds is 5. The summed E-state index contributed by atoms with van der Waals surface area (Å²) in [6.45, 7) is 1.75. The number of para-hydroxylation sites is 1. The number of aromatic hydroxyl groups is 1. The van der Waals surface area contributed by atoms with Gasteiger partial charge in [-0.15, -0.1) is 10.2 Å². The molecule has 0 saturated carbocycles. The van der Waals surface area contributed by atoms with Crippen molar-refractivity contribution >= 4 is 39.4 Å². The Balaban J connectivity index is 1.80. The Morgan fingerprint density at radius 2 is 1.69 bits per heavy atom. The minimum Gasteiger partial charge on any atom is -0.505 e. The molecule has 0 unspecified atom stereocenters. The average Bonchev–Trinajstić information content (AvgIpc) is 2.79. The molecule has 8 nitrogen and oxygen atoms in total. The quantitative estimate of drug-likeness (QED) is 0.217. The van der Waals surface area contributed by atoms with Gasteiger partial charge in [0, 0.05) is 23.2 Å². The molecule has 4 aromatic carbocycles. The van der Waals surface area contributed by atoms with Crippen LogP contribution in [0.3, 0.4) is 0 Å². The lowest BCUT2D eigenvalue weighted by molar-refractivity contribution is -0.384. The number of hydrogen-bond donors (Lipinski definition) is 2. The van der Waals surface area contributed by atoms with Crippen LogP contribution in [0.4, 0.5) is 22.7 Å². The highest BCUT2D eigenvalue weighted by atomic mass is 16.6. The molecular formula is C24H18N4O4. The Labute approximate surface area is 183 Å². The predicted octanol–water partition coefficient (Wildman–Crippen LogP) is 6.43. The normalized spacial score (nSPS) is 11.0. The number of phenols is 1. The molecule has 0 heterocycles.